The molecule has 1 aliphatic carbocycles. The zero-order chi connectivity index (χ0) is 21.9. The van der Waals surface area contributed by atoms with E-state index in [2.05, 4.69) is 23.1 Å². The number of hydrogen-bond acceptors (Lipinski definition) is 7. The van der Waals surface area contributed by atoms with Crippen LogP contribution in [0.15, 0.2) is 48.6 Å². The summed E-state index contributed by atoms with van der Waals surface area (Å²) in [6.07, 6.45) is 4.77. The van der Waals surface area contributed by atoms with Crippen molar-refractivity contribution in [3.05, 3.63) is 65.2 Å². The van der Waals surface area contributed by atoms with Crippen LogP contribution in [0.5, 0.6) is 17.2 Å². The molecule has 0 radical (unpaired) electrons. The highest BCUT2D eigenvalue weighted by molar-refractivity contribution is 5.89. The SMILES string of the molecule is COc1c2c(cc3c1OCO3)[C@]13C=C[C@H](OC)C[C@H]1N(C2)CC3OC(=O)c1ccccc1. The average Bonchev–Trinajstić information content (AvgIpc) is 3.38. The van der Waals surface area contributed by atoms with E-state index in [4.69, 9.17) is 23.7 Å². The summed E-state index contributed by atoms with van der Waals surface area (Å²) >= 11 is 0. The number of carbonyl (C=O) groups excluding carboxylic acids is 1. The lowest BCUT2D eigenvalue weighted by atomic mass is 9.65. The standard InChI is InChI=1S/C25H25NO6/c1-28-16-8-9-25-18-11-19-23(31-14-30-19)22(29-2)17(18)12-26(20(25)10-16)13-21(25)32-24(27)15-6-4-3-5-7-15/h3-9,11,16,20-21H,10,12-14H2,1-2H3/t16-,20+,21?,25+/m0/s1. The van der Waals surface area contributed by atoms with E-state index >= 15 is 0 Å². The molecule has 32 heavy (non-hydrogen) atoms. The summed E-state index contributed by atoms with van der Waals surface area (Å²) in [5.41, 5.74) is 2.18. The molecule has 6 rings (SSSR count). The fourth-order valence-electron chi connectivity index (χ4n) is 5.85. The lowest BCUT2D eigenvalue weighted by molar-refractivity contribution is 0.0187. The van der Waals surface area contributed by atoms with Crippen LogP contribution in [0.1, 0.15) is 27.9 Å². The number of rotatable bonds is 4. The molecular weight excluding hydrogens is 410 g/mol. The fraction of sp³-hybridized carbons (Fsp3) is 0.400. The summed E-state index contributed by atoms with van der Waals surface area (Å²) < 4.78 is 29.1. The molecule has 0 aromatic heterocycles. The molecule has 2 bridgehead atoms. The van der Waals surface area contributed by atoms with E-state index in [0.717, 1.165) is 17.5 Å². The molecule has 0 N–H and O–H groups in total. The van der Waals surface area contributed by atoms with E-state index in [1.807, 2.05) is 18.2 Å². The Hall–Kier alpha value is -3.03. The summed E-state index contributed by atoms with van der Waals surface area (Å²) in [7, 11) is 3.39. The summed E-state index contributed by atoms with van der Waals surface area (Å²) in [4.78, 5) is 15.4. The van der Waals surface area contributed by atoms with Crippen LogP contribution in [-0.4, -0.2) is 56.7 Å². The number of hydrogen-bond donors (Lipinski definition) is 0. The van der Waals surface area contributed by atoms with E-state index in [1.165, 1.54) is 0 Å². The van der Waals surface area contributed by atoms with Gasteiger partial charge in [-0.15, -0.1) is 0 Å². The normalized spacial score (nSPS) is 31.1. The summed E-state index contributed by atoms with van der Waals surface area (Å²) in [6.45, 7) is 1.49. The molecule has 2 aromatic rings. The first-order valence-electron chi connectivity index (χ1n) is 10.9. The molecule has 4 aliphatic rings. The Bertz CT molecular complexity index is 1100. The van der Waals surface area contributed by atoms with Crippen LogP contribution in [0.25, 0.3) is 0 Å². The van der Waals surface area contributed by atoms with E-state index in [0.29, 0.717) is 35.9 Å². The Morgan fingerprint density at radius 2 is 2.03 bits per heavy atom. The first-order valence-corrected chi connectivity index (χ1v) is 10.9. The van der Waals surface area contributed by atoms with Gasteiger partial charge in [-0.1, -0.05) is 30.4 Å². The Balaban J connectivity index is 1.49. The van der Waals surface area contributed by atoms with Gasteiger partial charge in [-0.3, -0.25) is 4.90 Å². The van der Waals surface area contributed by atoms with Gasteiger partial charge >= 0.3 is 5.97 Å². The van der Waals surface area contributed by atoms with Gasteiger partial charge in [0, 0.05) is 31.8 Å². The second kappa shape index (κ2) is 7.25. The van der Waals surface area contributed by atoms with Crippen LogP contribution in [0.4, 0.5) is 0 Å². The Labute approximate surface area is 186 Å². The molecule has 7 heteroatoms. The highest BCUT2D eigenvalue weighted by Crippen LogP contribution is 2.57. The minimum atomic E-state index is -0.513. The van der Waals surface area contributed by atoms with Crippen LogP contribution in [-0.2, 0) is 21.4 Å². The van der Waals surface area contributed by atoms with Crippen molar-refractivity contribution in [2.24, 2.45) is 0 Å². The minimum absolute atomic E-state index is 0.0247. The Morgan fingerprint density at radius 1 is 1.19 bits per heavy atom. The Kier molecular flexibility index (Phi) is 4.45. The lowest BCUT2D eigenvalue weighted by Gasteiger charge is -2.46. The van der Waals surface area contributed by atoms with Crippen LogP contribution in [0, 0.1) is 0 Å². The maximum atomic E-state index is 13.0. The van der Waals surface area contributed by atoms with Gasteiger partial charge in [0.1, 0.15) is 6.10 Å². The van der Waals surface area contributed by atoms with Crippen molar-refractivity contribution in [2.75, 3.05) is 27.6 Å². The predicted octanol–water partition coefficient (Wildman–Crippen LogP) is 3.06. The van der Waals surface area contributed by atoms with Gasteiger partial charge in [0.05, 0.1) is 24.2 Å². The monoisotopic (exact) mass is 435 g/mol. The number of nitrogens with zero attached hydrogens (tertiary/aromatic N) is 1. The van der Waals surface area contributed by atoms with Crippen molar-refractivity contribution in [3.8, 4) is 17.2 Å². The molecule has 166 valence electrons. The zero-order valence-electron chi connectivity index (χ0n) is 18.1. The molecule has 0 spiro atoms. The smallest absolute Gasteiger partial charge is 0.338 e. The first-order chi connectivity index (χ1) is 15.7. The van der Waals surface area contributed by atoms with Crippen LogP contribution in [0.3, 0.4) is 0 Å². The van der Waals surface area contributed by atoms with Crippen molar-refractivity contribution in [1.82, 2.24) is 4.90 Å². The third kappa shape index (κ3) is 2.64. The maximum Gasteiger partial charge on any atom is 0.338 e. The molecule has 1 fully saturated rings. The molecule has 2 aromatic carbocycles. The molecule has 0 amide bonds. The topological polar surface area (TPSA) is 66.5 Å². The van der Waals surface area contributed by atoms with Crippen LogP contribution >= 0.6 is 0 Å². The molecule has 0 saturated carbocycles. The number of carbonyl (C=O) groups is 1. The van der Waals surface area contributed by atoms with Gasteiger partial charge in [-0.2, -0.15) is 0 Å². The van der Waals surface area contributed by atoms with Crippen molar-refractivity contribution in [1.29, 1.82) is 0 Å². The first kappa shape index (κ1) is 19.6. The van der Waals surface area contributed by atoms with Gasteiger partial charge in [0.2, 0.25) is 12.5 Å². The number of ether oxygens (including phenoxy) is 5. The quantitative estimate of drug-likeness (QED) is 0.540. The van der Waals surface area contributed by atoms with Gasteiger partial charge in [-0.25, -0.2) is 4.79 Å². The van der Waals surface area contributed by atoms with E-state index in [-0.39, 0.29) is 31.0 Å². The largest absolute Gasteiger partial charge is 0.492 e. The van der Waals surface area contributed by atoms with E-state index in [9.17, 15) is 4.79 Å². The van der Waals surface area contributed by atoms with Gasteiger partial charge in [0.15, 0.2) is 11.5 Å². The third-order valence-corrected chi connectivity index (χ3v) is 7.28. The minimum Gasteiger partial charge on any atom is -0.492 e. The maximum absolute atomic E-state index is 13.0. The van der Waals surface area contributed by atoms with Crippen LogP contribution < -0.4 is 14.2 Å². The highest BCUT2D eigenvalue weighted by Gasteiger charge is 2.61. The van der Waals surface area contributed by atoms with E-state index < -0.39 is 5.41 Å². The second-order valence-corrected chi connectivity index (χ2v) is 8.68. The molecule has 2 unspecified atom stereocenters. The van der Waals surface area contributed by atoms with Crippen molar-refractivity contribution in [3.63, 3.8) is 0 Å². The number of methoxy groups -OCH3 is 2. The third-order valence-electron chi connectivity index (χ3n) is 7.28. The zero-order valence-corrected chi connectivity index (χ0v) is 18.1. The number of fused-ring (bicyclic) bond motifs is 2. The van der Waals surface area contributed by atoms with Crippen molar-refractivity contribution in [2.45, 2.75) is 36.6 Å². The van der Waals surface area contributed by atoms with Gasteiger partial charge in [-0.05, 0) is 30.2 Å². The molecule has 3 heterocycles. The highest BCUT2D eigenvalue weighted by atomic mass is 16.7. The van der Waals surface area contributed by atoms with E-state index in [1.54, 1.807) is 26.4 Å². The van der Waals surface area contributed by atoms with Crippen molar-refractivity contribution < 1.29 is 28.5 Å². The summed E-state index contributed by atoms with van der Waals surface area (Å²) in [6, 6.07) is 11.3. The molecule has 5 atom stereocenters. The Morgan fingerprint density at radius 3 is 2.81 bits per heavy atom. The van der Waals surface area contributed by atoms with Crippen LogP contribution in [0.2, 0.25) is 0 Å². The molecule has 3 aliphatic heterocycles. The van der Waals surface area contributed by atoms with Crippen molar-refractivity contribution >= 4 is 5.97 Å². The summed E-state index contributed by atoms with van der Waals surface area (Å²) in [5.74, 6) is 1.71. The molecule has 7 nitrogen and oxygen atoms in total. The second-order valence-electron chi connectivity index (χ2n) is 8.68. The number of esters is 1. The fourth-order valence-corrected chi connectivity index (χ4v) is 5.85. The average molecular weight is 435 g/mol. The van der Waals surface area contributed by atoms with Gasteiger partial charge in [0.25, 0.3) is 0 Å². The number of benzene rings is 2. The molecule has 1 saturated heterocycles. The lowest BCUT2D eigenvalue weighted by Crippen LogP contribution is -2.53. The predicted molar refractivity (Wildman–Crippen MR) is 115 cm³/mol. The molecular formula is C25H25NO6. The summed E-state index contributed by atoms with van der Waals surface area (Å²) in [5, 5.41) is 0. The van der Waals surface area contributed by atoms with Gasteiger partial charge < -0.3 is 23.7 Å².